The number of hydrogen-bond acceptors (Lipinski definition) is 5. The van der Waals surface area contributed by atoms with Gasteiger partial charge in [0.15, 0.2) is 11.5 Å². The zero-order valence-corrected chi connectivity index (χ0v) is 15.6. The highest BCUT2D eigenvalue weighted by atomic mass is 16.7. The maximum absolute atomic E-state index is 12.5. The zero-order chi connectivity index (χ0) is 19.6. The van der Waals surface area contributed by atoms with Gasteiger partial charge < -0.3 is 19.8 Å². The molecule has 0 saturated carbocycles. The second kappa shape index (κ2) is 7.31. The average molecular weight is 389 g/mol. The number of carbonyl (C=O) groups excluding carboxylic acids is 1. The average Bonchev–Trinajstić information content (AvgIpc) is 3.50. The molecule has 8 heteroatoms. The Kier molecular flexibility index (Phi) is 4.36. The molecule has 5 rings (SSSR count). The number of carbonyl (C=O) groups is 1. The smallest absolute Gasteiger partial charge is 0.251 e. The minimum absolute atomic E-state index is 0.105. The summed E-state index contributed by atoms with van der Waals surface area (Å²) in [5.41, 5.74) is 3.10. The number of H-pyrrole nitrogens is 1. The molecule has 1 aliphatic heterocycles. The summed E-state index contributed by atoms with van der Waals surface area (Å²) in [4.78, 5) is 20.4. The van der Waals surface area contributed by atoms with E-state index >= 15 is 0 Å². The summed E-state index contributed by atoms with van der Waals surface area (Å²) in [6.07, 6.45) is 4.47. The molecule has 1 amide bonds. The largest absolute Gasteiger partial charge is 0.454 e. The van der Waals surface area contributed by atoms with Gasteiger partial charge in [0.2, 0.25) is 6.79 Å². The number of fused-ring (bicyclic) bond motifs is 2. The van der Waals surface area contributed by atoms with Gasteiger partial charge in [-0.15, -0.1) is 0 Å². The van der Waals surface area contributed by atoms with Crippen LogP contribution in [0.4, 0.5) is 0 Å². The molecular formula is C21H19N5O3. The molecule has 0 fully saturated rings. The van der Waals surface area contributed by atoms with Gasteiger partial charge in [0.1, 0.15) is 5.82 Å². The highest BCUT2D eigenvalue weighted by molar-refractivity contribution is 5.97. The van der Waals surface area contributed by atoms with Crippen molar-refractivity contribution in [1.29, 1.82) is 0 Å². The van der Waals surface area contributed by atoms with Gasteiger partial charge in [-0.25, -0.2) is 4.98 Å². The number of aryl methyl sites for hydroxylation is 1. The monoisotopic (exact) mass is 389 g/mol. The number of nitrogens with one attached hydrogen (secondary N) is 2. The molecule has 3 heterocycles. The molecule has 0 aliphatic carbocycles. The maximum atomic E-state index is 12.5. The van der Waals surface area contributed by atoms with Gasteiger partial charge in [-0.2, -0.15) is 5.10 Å². The van der Waals surface area contributed by atoms with Gasteiger partial charge in [-0.05, 0) is 48.9 Å². The van der Waals surface area contributed by atoms with E-state index in [0.717, 1.165) is 41.1 Å². The summed E-state index contributed by atoms with van der Waals surface area (Å²) in [5, 5.41) is 7.10. The molecule has 4 aromatic rings. The number of benzene rings is 2. The van der Waals surface area contributed by atoms with E-state index in [2.05, 4.69) is 20.4 Å². The lowest BCUT2D eigenvalue weighted by molar-refractivity contribution is 0.0952. The van der Waals surface area contributed by atoms with Gasteiger partial charge in [0.25, 0.3) is 5.91 Å². The van der Waals surface area contributed by atoms with Crippen molar-refractivity contribution in [2.24, 2.45) is 0 Å². The molecule has 2 N–H and O–H groups in total. The Morgan fingerprint density at radius 2 is 2.10 bits per heavy atom. The van der Waals surface area contributed by atoms with Crippen molar-refractivity contribution in [3.63, 3.8) is 0 Å². The number of nitrogens with zero attached hydrogens (tertiary/aromatic N) is 3. The Balaban J connectivity index is 1.28. The van der Waals surface area contributed by atoms with E-state index in [1.165, 1.54) is 0 Å². The van der Waals surface area contributed by atoms with Crippen molar-refractivity contribution >= 4 is 16.9 Å². The van der Waals surface area contributed by atoms with Crippen LogP contribution in [0.15, 0.2) is 54.9 Å². The molecule has 0 spiro atoms. The number of aromatic amines is 1. The summed E-state index contributed by atoms with van der Waals surface area (Å²) in [7, 11) is 0. The van der Waals surface area contributed by atoms with Crippen molar-refractivity contribution in [2.75, 3.05) is 13.3 Å². The van der Waals surface area contributed by atoms with Crippen LogP contribution >= 0.6 is 0 Å². The van der Waals surface area contributed by atoms with Crippen molar-refractivity contribution in [3.8, 4) is 22.9 Å². The first-order chi connectivity index (χ1) is 14.3. The van der Waals surface area contributed by atoms with Crippen LogP contribution in [0.3, 0.4) is 0 Å². The fourth-order valence-corrected chi connectivity index (χ4v) is 3.31. The number of ether oxygens (including phenoxy) is 2. The maximum Gasteiger partial charge on any atom is 0.251 e. The van der Waals surface area contributed by atoms with Crippen molar-refractivity contribution in [1.82, 2.24) is 25.1 Å². The molecule has 146 valence electrons. The summed E-state index contributed by atoms with van der Waals surface area (Å²) in [6.45, 7) is 1.59. The summed E-state index contributed by atoms with van der Waals surface area (Å²) in [5.74, 6) is 2.05. The third kappa shape index (κ3) is 3.52. The number of aromatic nitrogens is 4. The number of amides is 1. The zero-order valence-electron chi connectivity index (χ0n) is 15.6. The van der Waals surface area contributed by atoms with Gasteiger partial charge in [0.05, 0.1) is 11.0 Å². The van der Waals surface area contributed by atoms with Gasteiger partial charge in [0, 0.05) is 36.6 Å². The Bertz CT molecular complexity index is 1170. The van der Waals surface area contributed by atoms with Crippen LogP contribution in [0.5, 0.6) is 11.5 Å². The minimum atomic E-state index is -0.105. The summed E-state index contributed by atoms with van der Waals surface area (Å²) in [6, 6.07) is 13.0. The van der Waals surface area contributed by atoms with Crippen molar-refractivity contribution in [3.05, 3.63) is 60.4 Å². The SMILES string of the molecule is O=C(NCCCn1cccn1)c1ccc2nc(-c3ccc4c(c3)OCO4)[nH]c2c1. The molecule has 8 nitrogen and oxygen atoms in total. The highest BCUT2D eigenvalue weighted by Gasteiger charge is 2.16. The molecule has 0 atom stereocenters. The topological polar surface area (TPSA) is 94.1 Å². The van der Waals surface area contributed by atoms with E-state index in [1.807, 2.05) is 47.3 Å². The molecule has 1 aliphatic rings. The number of hydrogen-bond donors (Lipinski definition) is 2. The van der Waals surface area contributed by atoms with E-state index in [9.17, 15) is 4.79 Å². The first kappa shape index (κ1) is 17.3. The van der Waals surface area contributed by atoms with E-state index in [0.29, 0.717) is 17.9 Å². The van der Waals surface area contributed by atoms with Gasteiger partial charge in [-0.3, -0.25) is 9.48 Å². The van der Waals surface area contributed by atoms with Crippen LogP contribution in [0, 0.1) is 0 Å². The highest BCUT2D eigenvalue weighted by Crippen LogP contribution is 2.35. The fourth-order valence-electron chi connectivity index (χ4n) is 3.31. The van der Waals surface area contributed by atoms with Crippen LogP contribution in [0.25, 0.3) is 22.4 Å². The third-order valence-electron chi connectivity index (χ3n) is 4.80. The first-order valence-corrected chi connectivity index (χ1v) is 9.42. The van der Waals surface area contributed by atoms with E-state index in [-0.39, 0.29) is 12.7 Å². The van der Waals surface area contributed by atoms with Crippen LogP contribution in [0.2, 0.25) is 0 Å². The van der Waals surface area contributed by atoms with Crippen LogP contribution in [0.1, 0.15) is 16.8 Å². The standard InChI is InChI=1S/C21H19N5O3/c27-21(22-7-1-9-26-10-2-8-23-26)15-3-5-16-17(11-15)25-20(24-16)14-4-6-18-19(12-14)29-13-28-18/h2-6,8,10-12H,1,7,9,13H2,(H,22,27)(H,24,25). The Labute approximate surface area is 166 Å². The normalized spacial score (nSPS) is 12.4. The minimum Gasteiger partial charge on any atom is -0.454 e. The Morgan fingerprint density at radius 1 is 1.17 bits per heavy atom. The van der Waals surface area contributed by atoms with E-state index in [4.69, 9.17) is 9.47 Å². The van der Waals surface area contributed by atoms with E-state index < -0.39 is 0 Å². The second-order valence-electron chi connectivity index (χ2n) is 6.76. The Hall–Kier alpha value is -3.81. The molecule has 0 radical (unpaired) electrons. The van der Waals surface area contributed by atoms with Crippen LogP contribution in [-0.2, 0) is 6.54 Å². The quantitative estimate of drug-likeness (QED) is 0.495. The summed E-state index contributed by atoms with van der Waals surface area (Å²) < 4.78 is 12.6. The van der Waals surface area contributed by atoms with E-state index in [1.54, 1.807) is 12.3 Å². The molecule has 29 heavy (non-hydrogen) atoms. The molecule has 0 unspecified atom stereocenters. The first-order valence-electron chi connectivity index (χ1n) is 9.42. The lowest BCUT2D eigenvalue weighted by Crippen LogP contribution is -2.25. The molecular weight excluding hydrogens is 370 g/mol. The molecule has 0 bridgehead atoms. The summed E-state index contributed by atoms with van der Waals surface area (Å²) >= 11 is 0. The lowest BCUT2D eigenvalue weighted by atomic mass is 10.2. The van der Waals surface area contributed by atoms with Crippen molar-refractivity contribution in [2.45, 2.75) is 13.0 Å². The lowest BCUT2D eigenvalue weighted by Gasteiger charge is -2.05. The predicted molar refractivity (Wildman–Crippen MR) is 107 cm³/mol. The van der Waals surface area contributed by atoms with Gasteiger partial charge in [-0.1, -0.05) is 0 Å². The molecule has 2 aromatic carbocycles. The van der Waals surface area contributed by atoms with Gasteiger partial charge >= 0.3 is 0 Å². The third-order valence-corrected chi connectivity index (χ3v) is 4.80. The Morgan fingerprint density at radius 3 is 3.00 bits per heavy atom. The van der Waals surface area contributed by atoms with Crippen LogP contribution < -0.4 is 14.8 Å². The predicted octanol–water partition coefficient (Wildman–Crippen LogP) is 2.98. The second-order valence-corrected chi connectivity index (χ2v) is 6.76. The van der Waals surface area contributed by atoms with Crippen molar-refractivity contribution < 1.29 is 14.3 Å². The van der Waals surface area contributed by atoms with Crippen LogP contribution in [-0.4, -0.2) is 39.0 Å². The molecule has 0 saturated heterocycles. The molecule has 2 aromatic heterocycles. The number of rotatable bonds is 6. The number of imidazole rings is 1. The fraction of sp³-hybridized carbons (Fsp3) is 0.190.